The van der Waals surface area contributed by atoms with E-state index in [4.69, 9.17) is 9.84 Å². The van der Waals surface area contributed by atoms with Crippen molar-refractivity contribution in [1.29, 1.82) is 0 Å². The summed E-state index contributed by atoms with van der Waals surface area (Å²) in [6, 6.07) is 6.14. The third-order valence-electron chi connectivity index (χ3n) is 3.22. The minimum absolute atomic E-state index is 0.000922. The molecule has 2 N–H and O–H groups in total. The second-order valence-corrected chi connectivity index (χ2v) is 5.71. The van der Waals surface area contributed by atoms with Crippen molar-refractivity contribution in [3.05, 3.63) is 41.0 Å². The summed E-state index contributed by atoms with van der Waals surface area (Å²) >= 11 is 0. The second kappa shape index (κ2) is 7.96. The number of benzene rings is 1. The summed E-state index contributed by atoms with van der Waals surface area (Å²) in [7, 11) is 1.58. The van der Waals surface area contributed by atoms with E-state index in [1.54, 1.807) is 13.2 Å². The Kier molecular flexibility index (Phi) is 6.59. The van der Waals surface area contributed by atoms with Crippen molar-refractivity contribution in [3.63, 3.8) is 0 Å². The SMILES string of the molecule is COCC(C)(CCO)NC(=O)/C=C/c1cc(C)cc(C)c1. The molecule has 0 aliphatic heterocycles. The van der Waals surface area contributed by atoms with Crippen molar-refractivity contribution in [2.75, 3.05) is 20.3 Å². The number of hydrogen-bond acceptors (Lipinski definition) is 3. The lowest BCUT2D eigenvalue weighted by atomic mass is 9.99. The van der Waals surface area contributed by atoms with Crippen LogP contribution in [0.2, 0.25) is 0 Å². The number of ether oxygens (including phenoxy) is 1. The summed E-state index contributed by atoms with van der Waals surface area (Å²) in [6.45, 7) is 6.27. The highest BCUT2D eigenvalue weighted by molar-refractivity contribution is 5.92. The number of nitrogens with one attached hydrogen (secondary N) is 1. The number of aliphatic hydroxyl groups is 1. The third kappa shape index (κ3) is 6.10. The zero-order valence-corrected chi connectivity index (χ0v) is 13.3. The predicted molar refractivity (Wildman–Crippen MR) is 85.1 cm³/mol. The molecule has 1 aromatic carbocycles. The maximum absolute atomic E-state index is 12.0. The highest BCUT2D eigenvalue weighted by atomic mass is 16.5. The normalized spacial score (nSPS) is 14.1. The Balaban J connectivity index is 2.73. The van der Waals surface area contributed by atoms with Crippen LogP contribution in [-0.2, 0) is 9.53 Å². The van der Waals surface area contributed by atoms with Crippen molar-refractivity contribution in [2.24, 2.45) is 0 Å². The van der Waals surface area contributed by atoms with Crippen molar-refractivity contribution >= 4 is 12.0 Å². The Morgan fingerprint density at radius 1 is 1.33 bits per heavy atom. The van der Waals surface area contributed by atoms with E-state index in [-0.39, 0.29) is 12.5 Å². The van der Waals surface area contributed by atoms with E-state index in [1.807, 2.05) is 32.9 Å². The van der Waals surface area contributed by atoms with E-state index in [9.17, 15) is 4.79 Å². The van der Waals surface area contributed by atoms with E-state index >= 15 is 0 Å². The molecule has 0 heterocycles. The molecule has 0 aliphatic carbocycles. The molecule has 0 bridgehead atoms. The second-order valence-electron chi connectivity index (χ2n) is 5.71. The maximum Gasteiger partial charge on any atom is 0.244 e. The third-order valence-corrected chi connectivity index (χ3v) is 3.22. The zero-order valence-electron chi connectivity index (χ0n) is 13.3. The summed E-state index contributed by atoms with van der Waals surface area (Å²) < 4.78 is 5.10. The van der Waals surface area contributed by atoms with Gasteiger partial charge < -0.3 is 15.2 Å². The number of carbonyl (C=O) groups excluding carboxylic acids is 1. The van der Waals surface area contributed by atoms with Gasteiger partial charge >= 0.3 is 0 Å². The van der Waals surface area contributed by atoms with Gasteiger partial charge in [0.25, 0.3) is 0 Å². The lowest BCUT2D eigenvalue weighted by molar-refractivity contribution is -0.119. The number of amides is 1. The molecule has 0 spiro atoms. The fraction of sp³-hybridized carbons (Fsp3) is 0.471. The highest BCUT2D eigenvalue weighted by Crippen LogP contribution is 2.12. The first-order valence-corrected chi connectivity index (χ1v) is 7.07. The van der Waals surface area contributed by atoms with Crippen LogP contribution < -0.4 is 5.32 Å². The topological polar surface area (TPSA) is 58.6 Å². The number of aliphatic hydroxyl groups excluding tert-OH is 1. The molecule has 4 heteroatoms. The summed E-state index contributed by atoms with van der Waals surface area (Å²) in [5, 5.41) is 12.0. The molecule has 116 valence electrons. The van der Waals surface area contributed by atoms with Crippen LogP contribution in [0.1, 0.15) is 30.0 Å². The Hall–Kier alpha value is -1.65. The van der Waals surface area contributed by atoms with Gasteiger partial charge in [-0.15, -0.1) is 0 Å². The molecule has 1 aromatic rings. The molecule has 0 radical (unpaired) electrons. The van der Waals surface area contributed by atoms with E-state index < -0.39 is 5.54 Å². The number of aryl methyl sites for hydroxylation is 2. The number of methoxy groups -OCH3 is 1. The van der Waals surface area contributed by atoms with Crippen LogP contribution in [0, 0.1) is 13.8 Å². The van der Waals surface area contributed by atoms with Crippen molar-refractivity contribution in [2.45, 2.75) is 32.7 Å². The molecule has 0 aliphatic rings. The molecule has 1 atom stereocenters. The van der Waals surface area contributed by atoms with Gasteiger partial charge in [0.1, 0.15) is 0 Å². The first-order chi connectivity index (χ1) is 9.88. The van der Waals surface area contributed by atoms with Crippen LogP contribution in [0.5, 0.6) is 0 Å². The largest absolute Gasteiger partial charge is 0.396 e. The van der Waals surface area contributed by atoms with Crippen LogP contribution in [0.4, 0.5) is 0 Å². The average molecular weight is 291 g/mol. The molecular formula is C17H25NO3. The van der Waals surface area contributed by atoms with Gasteiger partial charge in [0.2, 0.25) is 5.91 Å². The minimum atomic E-state index is -0.562. The molecule has 1 amide bonds. The van der Waals surface area contributed by atoms with E-state index in [0.717, 1.165) is 5.56 Å². The molecule has 1 rings (SSSR count). The van der Waals surface area contributed by atoms with Gasteiger partial charge in [-0.25, -0.2) is 0 Å². The van der Waals surface area contributed by atoms with Crippen molar-refractivity contribution in [1.82, 2.24) is 5.32 Å². The van der Waals surface area contributed by atoms with Gasteiger partial charge in [-0.2, -0.15) is 0 Å². The Labute approximate surface area is 126 Å². The van der Waals surface area contributed by atoms with Gasteiger partial charge in [0.15, 0.2) is 0 Å². The summed E-state index contributed by atoms with van der Waals surface area (Å²) in [5.41, 5.74) is 2.77. The zero-order chi connectivity index (χ0) is 15.9. The lowest BCUT2D eigenvalue weighted by Gasteiger charge is -2.28. The molecule has 1 unspecified atom stereocenters. The molecular weight excluding hydrogens is 266 g/mol. The van der Waals surface area contributed by atoms with Gasteiger partial charge in [-0.3, -0.25) is 4.79 Å². The Morgan fingerprint density at radius 2 is 1.95 bits per heavy atom. The van der Waals surface area contributed by atoms with Crippen LogP contribution in [0.25, 0.3) is 6.08 Å². The fourth-order valence-corrected chi connectivity index (χ4v) is 2.35. The summed E-state index contributed by atoms with van der Waals surface area (Å²) in [4.78, 5) is 12.0. The number of hydrogen-bond donors (Lipinski definition) is 2. The number of rotatable bonds is 7. The van der Waals surface area contributed by atoms with Crippen molar-refractivity contribution < 1.29 is 14.6 Å². The smallest absolute Gasteiger partial charge is 0.244 e. The monoisotopic (exact) mass is 291 g/mol. The van der Waals surface area contributed by atoms with E-state index in [1.165, 1.54) is 17.2 Å². The molecule has 0 saturated carbocycles. The minimum Gasteiger partial charge on any atom is -0.396 e. The average Bonchev–Trinajstić information content (AvgIpc) is 2.35. The standard InChI is InChI=1S/C17H25NO3/c1-13-9-14(2)11-15(10-13)5-6-16(20)18-17(3,7-8-19)12-21-4/h5-6,9-11,19H,7-8,12H2,1-4H3,(H,18,20)/b6-5+. The molecule has 0 fully saturated rings. The van der Waals surface area contributed by atoms with E-state index in [2.05, 4.69) is 11.4 Å². The summed E-state index contributed by atoms with van der Waals surface area (Å²) in [5.74, 6) is -0.192. The lowest BCUT2D eigenvalue weighted by Crippen LogP contribution is -2.49. The first-order valence-electron chi connectivity index (χ1n) is 7.07. The number of carbonyl (C=O) groups is 1. The predicted octanol–water partition coefficient (Wildman–Crippen LogP) is 2.22. The van der Waals surface area contributed by atoms with Crippen LogP contribution in [0.15, 0.2) is 24.3 Å². The quantitative estimate of drug-likeness (QED) is 0.757. The Morgan fingerprint density at radius 3 is 2.48 bits per heavy atom. The molecule has 0 saturated heterocycles. The van der Waals surface area contributed by atoms with Gasteiger partial charge in [-0.1, -0.05) is 29.3 Å². The van der Waals surface area contributed by atoms with Gasteiger partial charge in [-0.05, 0) is 38.8 Å². The highest BCUT2D eigenvalue weighted by Gasteiger charge is 2.24. The summed E-state index contributed by atoms with van der Waals surface area (Å²) in [6.07, 6.45) is 3.75. The molecule has 0 aromatic heterocycles. The maximum atomic E-state index is 12.0. The van der Waals surface area contributed by atoms with Crippen LogP contribution >= 0.6 is 0 Å². The first kappa shape index (κ1) is 17.4. The Bertz CT molecular complexity index is 483. The van der Waals surface area contributed by atoms with Gasteiger partial charge in [0, 0.05) is 19.8 Å². The van der Waals surface area contributed by atoms with Crippen LogP contribution in [0.3, 0.4) is 0 Å². The van der Waals surface area contributed by atoms with E-state index in [0.29, 0.717) is 13.0 Å². The van der Waals surface area contributed by atoms with Crippen LogP contribution in [-0.4, -0.2) is 36.9 Å². The fourth-order valence-electron chi connectivity index (χ4n) is 2.35. The van der Waals surface area contributed by atoms with Gasteiger partial charge in [0.05, 0.1) is 12.1 Å². The molecule has 4 nitrogen and oxygen atoms in total. The molecule has 21 heavy (non-hydrogen) atoms. The van der Waals surface area contributed by atoms with Crippen molar-refractivity contribution in [3.8, 4) is 0 Å².